The number of carbonyl (C=O) groups excluding carboxylic acids is 3. The van der Waals surface area contributed by atoms with E-state index in [1.807, 2.05) is 49.3 Å². The molecule has 1 fully saturated rings. The van der Waals surface area contributed by atoms with Gasteiger partial charge in [0.25, 0.3) is 0 Å². The van der Waals surface area contributed by atoms with Crippen LogP contribution in [0.15, 0.2) is 64.4 Å². The monoisotopic (exact) mass is 523 g/mol. The van der Waals surface area contributed by atoms with Crippen LogP contribution in [0.3, 0.4) is 0 Å². The minimum Gasteiger partial charge on any atom is -0.465 e. The van der Waals surface area contributed by atoms with Gasteiger partial charge in [-0.05, 0) is 36.8 Å². The zero-order valence-electron chi connectivity index (χ0n) is 20.0. The van der Waals surface area contributed by atoms with Crippen LogP contribution in [0.1, 0.15) is 23.3 Å². The molecule has 0 saturated carbocycles. The van der Waals surface area contributed by atoms with E-state index in [1.54, 1.807) is 31.2 Å². The predicted molar refractivity (Wildman–Crippen MR) is 140 cm³/mol. The summed E-state index contributed by atoms with van der Waals surface area (Å²) in [7, 11) is 3.89. The molecule has 3 aromatic rings. The lowest BCUT2D eigenvalue weighted by atomic mass is 9.83. The molecule has 2 aliphatic heterocycles. The fourth-order valence-corrected chi connectivity index (χ4v) is 7.53. The molecule has 3 heterocycles. The second-order valence-corrected chi connectivity index (χ2v) is 10.9. The first kappa shape index (κ1) is 24.3. The van der Waals surface area contributed by atoms with Gasteiger partial charge >= 0.3 is 10.8 Å². The largest absolute Gasteiger partial charge is 0.465 e. The van der Waals surface area contributed by atoms with Crippen molar-refractivity contribution in [2.45, 2.75) is 29.7 Å². The number of imide groups is 1. The molecule has 2 unspecified atom stereocenters. The lowest BCUT2D eigenvalue weighted by Gasteiger charge is -2.31. The number of thiazole rings is 1. The molecule has 0 spiro atoms. The Morgan fingerprint density at radius 1 is 1.00 bits per heavy atom. The van der Waals surface area contributed by atoms with E-state index in [9.17, 15) is 19.2 Å². The number of benzene rings is 2. The lowest BCUT2D eigenvalue weighted by molar-refractivity contribution is -0.144. The number of fused-ring (bicyclic) bond motifs is 2. The van der Waals surface area contributed by atoms with Gasteiger partial charge in [-0.2, -0.15) is 0 Å². The Balaban J connectivity index is 1.64. The van der Waals surface area contributed by atoms with Crippen LogP contribution in [0, 0.1) is 5.92 Å². The summed E-state index contributed by atoms with van der Waals surface area (Å²) in [6.07, 6.45) is 0. The average molecular weight is 524 g/mol. The number of hydrogen-bond acceptors (Lipinski definition) is 8. The highest BCUT2D eigenvalue weighted by Crippen LogP contribution is 2.53. The summed E-state index contributed by atoms with van der Waals surface area (Å²) in [5, 5.41) is -0.164. The van der Waals surface area contributed by atoms with Crippen LogP contribution in [-0.4, -0.2) is 48.3 Å². The molecule has 0 N–H and O–H groups in total. The van der Waals surface area contributed by atoms with E-state index in [4.69, 9.17) is 4.74 Å². The molecule has 36 heavy (non-hydrogen) atoms. The molecule has 2 aromatic carbocycles. The molecule has 8 nitrogen and oxygen atoms in total. The number of thioether (sulfide) groups is 1. The first-order valence-corrected chi connectivity index (χ1v) is 13.3. The Morgan fingerprint density at radius 3 is 2.33 bits per heavy atom. The molecule has 5 rings (SSSR count). The van der Waals surface area contributed by atoms with Gasteiger partial charge in [0, 0.05) is 30.6 Å². The third kappa shape index (κ3) is 4.04. The SMILES string of the molecule is CCOC(=O)Cn1c2c(sc1=O)[C@H](c1ccc(N(C)C)cc1)C1C(=O)N(c3ccccc3)C(=O)C1S2. The van der Waals surface area contributed by atoms with Crippen molar-refractivity contribution in [3.63, 3.8) is 0 Å². The fraction of sp³-hybridized carbons (Fsp3) is 0.308. The minimum atomic E-state index is -0.717. The van der Waals surface area contributed by atoms with Crippen molar-refractivity contribution in [1.82, 2.24) is 4.57 Å². The number of anilines is 2. The molecule has 1 saturated heterocycles. The van der Waals surface area contributed by atoms with Gasteiger partial charge in [-0.25, -0.2) is 4.90 Å². The highest BCUT2D eigenvalue weighted by molar-refractivity contribution is 8.00. The number of aromatic nitrogens is 1. The Hall–Kier alpha value is -3.37. The Kier molecular flexibility index (Phi) is 6.48. The van der Waals surface area contributed by atoms with Gasteiger partial charge in [0.05, 0.1) is 23.2 Å². The summed E-state index contributed by atoms with van der Waals surface area (Å²) in [6.45, 7) is 1.68. The smallest absolute Gasteiger partial charge is 0.326 e. The number of amides is 2. The van der Waals surface area contributed by atoms with Crippen LogP contribution in [0.4, 0.5) is 11.4 Å². The maximum absolute atomic E-state index is 13.8. The van der Waals surface area contributed by atoms with Crippen LogP contribution in [-0.2, 0) is 25.7 Å². The quantitative estimate of drug-likeness (QED) is 0.362. The molecule has 0 bridgehead atoms. The average Bonchev–Trinajstić information content (AvgIpc) is 3.31. The van der Waals surface area contributed by atoms with Gasteiger partial charge in [0.2, 0.25) is 11.8 Å². The normalized spacial score (nSPS) is 20.8. The summed E-state index contributed by atoms with van der Waals surface area (Å²) < 4.78 is 6.45. The summed E-state index contributed by atoms with van der Waals surface area (Å²) in [5.74, 6) is -2.28. The molecule has 3 atom stereocenters. The van der Waals surface area contributed by atoms with Gasteiger partial charge in [0.15, 0.2) is 0 Å². The van der Waals surface area contributed by atoms with Gasteiger partial charge in [0.1, 0.15) is 11.8 Å². The van der Waals surface area contributed by atoms with Crippen LogP contribution >= 0.6 is 23.1 Å². The number of hydrogen-bond donors (Lipinski definition) is 0. The van der Waals surface area contributed by atoms with Crippen molar-refractivity contribution in [3.05, 3.63) is 74.7 Å². The van der Waals surface area contributed by atoms with Gasteiger partial charge in [-0.15, -0.1) is 0 Å². The predicted octanol–water partition coefficient (Wildman–Crippen LogP) is 3.33. The molecular formula is C26H25N3O5S2. The summed E-state index contributed by atoms with van der Waals surface area (Å²) in [4.78, 5) is 56.3. The molecule has 10 heteroatoms. The summed E-state index contributed by atoms with van der Waals surface area (Å²) in [5.41, 5.74) is 2.36. The Bertz CT molecular complexity index is 1380. The summed E-state index contributed by atoms with van der Waals surface area (Å²) in [6, 6.07) is 16.7. The van der Waals surface area contributed by atoms with E-state index in [0.29, 0.717) is 15.6 Å². The first-order chi connectivity index (χ1) is 17.3. The third-order valence-corrected chi connectivity index (χ3v) is 9.03. The van der Waals surface area contributed by atoms with Crippen molar-refractivity contribution in [2.24, 2.45) is 5.92 Å². The number of rotatable bonds is 6. The second-order valence-electron chi connectivity index (χ2n) is 8.80. The topological polar surface area (TPSA) is 88.9 Å². The highest BCUT2D eigenvalue weighted by Gasteiger charge is 2.56. The van der Waals surface area contributed by atoms with Gasteiger partial charge < -0.3 is 9.64 Å². The zero-order chi connectivity index (χ0) is 25.6. The molecular weight excluding hydrogens is 498 g/mol. The van der Waals surface area contributed by atoms with Gasteiger partial charge in [-0.3, -0.25) is 23.7 Å². The Morgan fingerprint density at radius 2 is 1.69 bits per heavy atom. The van der Waals surface area contributed by atoms with Crippen molar-refractivity contribution >= 4 is 52.3 Å². The van der Waals surface area contributed by atoms with Crippen LogP contribution < -0.4 is 14.7 Å². The standard InChI is InChI=1S/C26H25N3O5S2/c1-4-34-18(30)14-28-25-22(36-26(28)33)19(15-10-12-16(13-11-15)27(2)3)20-21(35-25)24(32)29(23(20)31)17-8-6-5-7-9-17/h5-13,19-21H,4,14H2,1-3H3/t19-,20?,21?/m1/s1. The van der Waals surface area contributed by atoms with Crippen molar-refractivity contribution < 1.29 is 19.1 Å². The molecule has 1 aromatic heterocycles. The number of para-hydroxylation sites is 1. The van der Waals surface area contributed by atoms with Crippen LogP contribution in [0.5, 0.6) is 0 Å². The van der Waals surface area contributed by atoms with Crippen molar-refractivity contribution in [1.29, 1.82) is 0 Å². The van der Waals surface area contributed by atoms with Crippen LogP contribution in [0.2, 0.25) is 0 Å². The molecule has 2 amide bonds. The fourth-order valence-electron chi connectivity index (χ4n) is 4.76. The minimum absolute atomic E-state index is 0.206. The van der Waals surface area contributed by atoms with E-state index in [1.165, 1.54) is 21.2 Å². The number of carbonyl (C=O) groups is 3. The molecule has 0 aliphatic carbocycles. The molecule has 0 radical (unpaired) electrons. The van der Waals surface area contributed by atoms with E-state index in [2.05, 4.69) is 0 Å². The van der Waals surface area contributed by atoms with E-state index in [0.717, 1.165) is 22.6 Å². The van der Waals surface area contributed by atoms with E-state index in [-0.39, 0.29) is 29.8 Å². The first-order valence-electron chi connectivity index (χ1n) is 11.6. The highest BCUT2D eigenvalue weighted by atomic mass is 32.2. The second kappa shape index (κ2) is 9.59. The number of esters is 1. The summed E-state index contributed by atoms with van der Waals surface area (Å²) >= 11 is 2.22. The van der Waals surface area contributed by atoms with Crippen LogP contribution in [0.25, 0.3) is 0 Å². The van der Waals surface area contributed by atoms with Crippen molar-refractivity contribution in [2.75, 3.05) is 30.5 Å². The van der Waals surface area contributed by atoms with Crippen molar-refractivity contribution in [3.8, 4) is 0 Å². The number of nitrogens with zero attached hydrogens (tertiary/aromatic N) is 3. The lowest BCUT2D eigenvalue weighted by Crippen LogP contribution is -2.32. The Labute approximate surface area is 216 Å². The van der Waals surface area contributed by atoms with E-state index < -0.39 is 23.1 Å². The molecule has 2 aliphatic rings. The zero-order valence-corrected chi connectivity index (χ0v) is 21.7. The van der Waals surface area contributed by atoms with Gasteiger partial charge in [-0.1, -0.05) is 53.4 Å². The third-order valence-electron chi connectivity index (χ3n) is 6.42. The molecule has 186 valence electrons. The number of ether oxygens (including phenoxy) is 1. The van der Waals surface area contributed by atoms with E-state index >= 15 is 0 Å². The maximum Gasteiger partial charge on any atom is 0.326 e. The maximum atomic E-state index is 13.8.